The number of nitrogens with zero attached hydrogens (tertiary/aromatic N) is 3. The number of benzene rings is 3. The molecule has 1 aromatic heterocycles. The third-order valence-electron chi connectivity index (χ3n) is 5.28. The molecule has 150 valence electrons. The largest absolute Gasteiger partial charge is 0.379 e. The Morgan fingerprint density at radius 1 is 0.806 bits per heavy atom. The molecular formula is C27H22N4. The van der Waals surface area contributed by atoms with Gasteiger partial charge in [-0.1, -0.05) is 48.6 Å². The molecule has 0 fully saturated rings. The topological polar surface area (TPSA) is 49.6 Å². The maximum Gasteiger partial charge on any atom is 0.0723 e. The lowest BCUT2D eigenvalue weighted by Crippen LogP contribution is -2.15. The molecule has 0 saturated carbocycles. The third-order valence-corrected chi connectivity index (χ3v) is 5.28. The van der Waals surface area contributed by atoms with Crippen molar-refractivity contribution in [2.45, 2.75) is 13.0 Å². The fraction of sp³-hybridized carbons (Fsp3) is 0.0741. The van der Waals surface area contributed by atoms with Gasteiger partial charge in [0.15, 0.2) is 0 Å². The summed E-state index contributed by atoms with van der Waals surface area (Å²) in [5.74, 6) is 0. The fourth-order valence-electron chi connectivity index (χ4n) is 3.66. The Bertz CT molecular complexity index is 1310. The fourth-order valence-corrected chi connectivity index (χ4v) is 3.66. The highest BCUT2D eigenvalue weighted by Gasteiger charge is 2.11. The van der Waals surface area contributed by atoms with Gasteiger partial charge in [0.2, 0.25) is 0 Å². The summed E-state index contributed by atoms with van der Waals surface area (Å²) in [6.45, 7) is 2.14. The average Bonchev–Trinajstić information content (AvgIpc) is 2.81. The molecule has 1 aliphatic heterocycles. The van der Waals surface area contributed by atoms with Gasteiger partial charge >= 0.3 is 0 Å². The minimum Gasteiger partial charge on any atom is -0.379 e. The molecular weight excluding hydrogens is 380 g/mol. The zero-order chi connectivity index (χ0) is 21.0. The first kappa shape index (κ1) is 18.9. The number of aromatic nitrogens is 1. The summed E-state index contributed by atoms with van der Waals surface area (Å²) in [4.78, 5) is 13.8. The van der Waals surface area contributed by atoms with E-state index < -0.39 is 0 Å². The van der Waals surface area contributed by atoms with Crippen LogP contribution in [0.1, 0.15) is 23.6 Å². The zero-order valence-electron chi connectivity index (χ0n) is 17.2. The number of aliphatic imine (C=N–C) groups is 2. The van der Waals surface area contributed by atoms with Gasteiger partial charge in [0.1, 0.15) is 0 Å². The first-order chi connectivity index (χ1) is 15.3. The van der Waals surface area contributed by atoms with Crippen LogP contribution in [-0.2, 0) is 0 Å². The van der Waals surface area contributed by atoms with Crippen molar-refractivity contribution in [3.8, 4) is 0 Å². The van der Waals surface area contributed by atoms with Crippen molar-refractivity contribution in [2.24, 2.45) is 9.98 Å². The minimum absolute atomic E-state index is 0.339. The number of rotatable bonds is 4. The molecule has 0 aliphatic carbocycles. The van der Waals surface area contributed by atoms with Crippen molar-refractivity contribution in [3.05, 3.63) is 102 Å². The van der Waals surface area contributed by atoms with E-state index in [0.29, 0.717) is 6.04 Å². The van der Waals surface area contributed by atoms with E-state index in [2.05, 4.69) is 64.7 Å². The Hall–Kier alpha value is -4.05. The van der Waals surface area contributed by atoms with Crippen LogP contribution in [0.3, 0.4) is 0 Å². The van der Waals surface area contributed by atoms with Gasteiger partial charge in [-0.15, -0.1) is 0 Å². The monoisotopic (exact) mass is 402 g/mol. The molecule has 1 atom stereocenters. The highest BCUT2D eigenvalue weighted by Crippen LogP contribution is 2.31. The molecule has 0 amide bonds. The predicted molar refractivity (Wildman–Crippen MR) is 131 cm³/mol. The van der Waals surface area contributed by atoms with Crippen molar-refractivity contribution < 1.29 is 0 Å². The van der Waals surface area contributed by atoms with Gasteiger partial charge in [0, 0.05) is 41.3 Å². The van der Waals surface area contributed by atoms with Crippen LogP contribution in [0.4, 0.5) is 17.1 Å². The van der Waals surface area contributed by atoms with Crippen molar-refractivity contribution in [2.75, 3.05) is 5.32 Å². The number of anilines is 1. The van der Waals surface area contributed by atoms with Crippen LogP contribution in [0.25, 0.3) is 17.0 Å². The summed E-state index contributed by atoms with van der Waals surface area (Å²) in [5, 5.41) is 4.52. The van der Waals surface area contributed by atoms with Crippen LogP contribution in [-0.4, -0.2) is 23.5 Å². The molecule has 3 aromatic carbocycles. The van der Waals surface area contributed by atoms with Gasteiger partial charge < -0.3 is 5.32 Å². The van der Waals surface area contributed by atoms with Gasteiger partial charge in [-0.3, -0.25) is 15.0 Å². The van der Waals surface area contributed by atoms with E-state index in [1.54, 1.807) is 6.20 Å². The second-order valence-corrected chi connectivity index (χ2v) is 7.56. The molecule has 1 unspecified atom stereocenters. The summed E-state index contributed by atoms with van der Waals surface area (Å²) in [7, 11) is 0. The van der Waals surface area contributed by atoms with Gasteiger partial charge in [-0.25, -0.2) is 0 Å². The Labute approximate surface area is 181 Å². The van der Waals surface area contributed by atoms with Crippen LogP contribution in [0.15, 0.2) is 95.1 Å². The first-order valence-electron chi connectivity index (χ1n) is 10.4. The Morgan fingerprint density at radius 3 is 2.32 bits per heavy atom. The molecule has 1 aliphatic rings. The SMILES string of the molecule is CC1C=Cc2c(N=Cc3ccc(C=Nc4cccc5ncccc45)cc3)cccc2N1. The van der Waals surface area contributed by atoms with Crippen LogP contribution in [0.2, 0.25) is 0 Å². The second-order valence-electron chi connectivity index (χ2n) is 7.56. The predicted octanol–water partition coefficient (Wildman–Crippen LogP) is 6.56. The Balaban J connectivity index is 1.34. The zero-order valence-corrected chi connectivity index (χ0v) is 17.2. The quantitative estimate of drug-likeness (QED) is 0.393. The van der Waals surface area contributed by atoms with Crippen molar-refractivity contribution >= 4 is 46.5 Å². The highest BCUT2D eigenvalue weighted by atomic mass is 14.9. The molecule has 4 nitrogen and oxygen atoms in total. The Kier molecular flexibility index (Phi) is 5.11. The average molecular weight is 403 g/mol. The lowest BCUT2D eigenvalue weighted by Gasteiger charge is -2.19. The van der Waals surface area contributed by atoms with E-state index in [1.165, 1.54) is 0 Å². The molecule has 4 aromatic rings. The molecule has 4 heteroatoms. The number of hydrogen-bond acceptors (Lipinski definition) is 4. The second kappa shape index (κ2) is 8.36. The van der Waals surface area contributed by atoms with Gasteiger partial charge in [-0.05, 0) is 54.4 Å². The van der Waals surface area contributed by atoms with Crippen LogP contribution in [0, 0.1) is 0 Å². The summed E-state index contributed by atoms with van der Waals surface area (Å²) < 4.78 is 0. The molecule has 0 spiro atoms. The van der Waals surface area contributed by atoms with E-state index in [4.69, 9.17) is 4.99 Å². The number of fused-ring (bicyclic) bond motifs is 2. The summed E-state index contributed by atoms with van der Waals surface area (Å²) >= 11 is 0. The minimum atomic E-state index is 0.339. The maximum atomic E-state index is 4.72. The smallest absolute Gasteiger partial charge is 0.0723 e. The lowest BCUT2D eigenvalue weighted by atomic mass is 10.0. The molecule has 31 heavy (non-hydrogen) atoms. The normalized spacial score (nSPS) is 15.5. The molecule has 0 radical (unpaired) electrons. The van der Waals surface area contributed by atoms with E-state index in [-0.39, 0.29) is 0 Å². The highest BCUT2D eigenvalue weighted by molar-refractivity contribution is 5.93. The van der Waals surface area contributed by atoms with E-state index in [0.717, 1.165) is 44.7 Å². The molecule has 0 saturated heterocycles. The number of nitrogens with one attached hydrogen (secondary N) is 1. The maximum absolute atomic E-state index is 4.72. The van der Waals surface area contributed by atoms with Crippen molar-refractivity contribution in [1.82, 2.24) is 4.98 Å². The summed E-state index contributed by atoms with van der Waals surface area (Å²) in [5.41, 5.74) is 7.17. The summed E-state index contributed by atoms with van der Waals surface area (Å²) in [6, 6.07) is 24.7. The molecule has 5 rings (SSSR count). The van der Waals surface area contributed by atoms with E-state index >= 15 is 0 Å². The van der Waals surface area contributed by atoms with Crippen LogP contribution in [0.5, 0.6) is 0 Å². The van der Waals surface area contributed by atoms with Gasteiger partial charge in [0.05, 0.1) is 16.9 Å². The number of hydrogen-bond donors (Lipinski definition) is 1. The van der Waals surface area contributed by atoms with E-state index in [9.17, 15) is 0 Å². The lowest BCUT2D eigenvalue weighted by molar-refractivity contribution is 0.992. The third kappa shape index (κ3) is 4.14. The van der Waals surface area contributed by atoms with Crippen LogP contribution < -0.4 is 5.32 Å². The van der Waals surface area contributed by atoms with Gasteiger partial charge in [0.25, 0.3) is 0 Å². The standard InChI is InChI=1S/C27H22N4/c1-19-10-15-23-26(8-3-9-27(23)31-19)30-18-21-13-11-20(12-14-21)17-29-25-7-2-6-24-22(25)5-4-16-28-24/h2-19,31H,1H3. The number of pyridine rings is 1. The van der Waals surface area contributed by atoms with Gasteiger partial charge in [-0.2, -0.15) is 0 Å². The first-order valence-corrected chi connectivity index (χ1v) is 10.4. The molecule has 1 N–H and O–H groups in total. The summed E-state index contributed by atoms with van der Waals surface area (Å²) in [6.07, 6.45) is 9.88. The van der Waals surface area contributed by atoms with Crippen molar-refractivity contribution in [3.63, 3.8) is 0 Å². The Morgan fingerprint density at radius 2 is 1.52 bits per heavy atom. The molecule has 2 heterocycles. The van der Waals surface area contributed by atoms with E-state index in [1.807, 2.05) is 54.9 Å². The molecule has 0 bridgehead atoms. The van der Waals surface area contributed by atoms with Crippen LogP contribution >= 0.6 is 0 Å². The van der Waals surface area contributed by atoms with Crippen molar-refractivity contribution in [1.29, 1.82) is 0 Å².